The van der Waals surface area contributed by atoms with Gasteiger partial charge in [0.25, 0.3) is 0 Å². The van der Waals surface area contributed by atoms with E-state index in [4.69, 9.17) is 5.11 Å². The number of carbonyl (C=O) groups is 3. The highest BCUT2D eigenvalue weighted by Gasteiger charge is 2.25. The van der Waals surface area contributed by atoms with Gasteiger partial charge < -0.3 is 21.1 Å². The fourth-order valence-corrected chi connectivity index (χ4v) is 1.87. The number of rotatable bonds is 7. The van der Waals surface area contributed by atoms with E-state index in [1.165, 1.54) is 0 Å². The van der Waals surface area contributed by atoms with Gasteiger partial charge in [-0.1, -0.05) is 18.2 Å². The Morgan fingerprint density at radius 3 is 2.35 bits per heavy atom. The quantitative estimate of drug-likeness (QED) is 0.615. The lowest BCUT2D eigenvalue weighted by molar-refractivity contribution is -0.137. The maximum Gasteiger partial charge on any atom is 0.319 e. The molecule has 0 saturated heterocycles. The number of hydrogen-bond donors (Lipinski definition) is 4. The molecular weight excluding hydrogens is 298 g/mol. The number of amides is 3. The third kappa shape index (κ3) is 7.30. The molecule has 3 amide bonds. The van der Waals surface area contributed by atoms with Gasteiger partial charge in [-0.2, -0.15) is 0 Å². The molecule has 1 aromatic rings. The minimum Gasteiger partial charge on any atom is -0.481 e. The number of benzene rings is 1. The highest BCUT2D eigenvalue weighted by molar-refractivity contribution is 5.93. The number of carboxylic acid groups (broad SMARTS) is 1. The predicted octanol–water partition coefficient (Wildman–Crippen LogP) is 1.96. The van der Waals surface area contributed by atoms with Gasteiger partial charge in [0, 0.05) is 17.6 Å². The molecule has 0 fully saturated rings. The maximum atomic E-state index is 12.1. The summed E-state index contributed by atoms with van der Waals surface area (Å²) in [7, 11) is 0. The zero-order valence-corrected chi connectivity index (χ0v) is 13.6. The Labute approximate surface area is 135 Å². The van der Waals surface area contributed by atoms with Crippen LogP contribution in [-0.2, 0) is 9.59 Å². The molecule has 0 aliphatic heterocycles. The van der Waals surface area contributed by atoms with Gasteiger partial charge in [0.05, 0.1) is 0 Å². The van der Waals surface area contributed by atoms with E-state index in [2.05, 4.69) is 16.0 Å². The van der Waals surface area contributed by atoms with Crippen LogP contribution in [-0.4, -0.2) is 34.6 Å². The van der Waals surface area contributed by atoms with E-state index >= 15 is 0 Å². The average Bonchev–Trinajstić information content (AvgIpc) is 2.45. The van der Waals surface area contributed by atoms with E-state index in [0.29, 0.717) is 12.1 Å². The van der Waals surface area contributed by atoms with Crippen molar-refractivity contribution in [3.63, 3.8) is 0 Å². The average molecular weight is 321 g/mol. The van der Waals surface area contributed by atoms with Crippen LogP contribution in [0.4, 0.5) is 10.5 Å². The van der Waals surface area contributed by atoms with Crippen molar-refractivity contribution in [2.24, 2.45) is 0 Å². The van der Waals surface area contributed by atoms with Crippen LogP contribution in [0.3, 0.4) is 0 Å². The smallest absolute Gasteiger partial charge is 0.319 e. The molecule has 0 radical (unpaired) electrons. The molecule has 0 aromatic heterocycles. The van der Waals surface area contributed by atoms with Gasteiger partial charge >= 0.3 is 12.0 Å². The maximum absolute atomic E-state index is 12.1. The third-order valence-electron chi connectivity index (χ3n) is 3.20. The van der Waals surface area contributed by atoms with Crippen LogP contribution in [0.25, 0.3) is 0 Å². The Morgan fingerprint density at radius 1 is 1.17 bits per heavy atom. The molecule has 1 aromatic carbocycles. The molecule has 7 nitrogen and oxygen atoms in total. The summed E-state index contributed by atoms with van der Waals surface area (Å²) in [5.41, 5.74) is -0.0409. The van der Waals surface area contributed by atoms with E-state index in [1.807, 2.05) is 6.07 Å². The largest absolute Gasteiger partial charge is 0.481 e. The van der Waals surface area contributed by atoms with Gasteiger partial charge in [-0.05, 0) is 39.3 Å². The molecule has 0 bridgehead atoms. The van der Waals surface area contributed by atoms with Gasteiger partial charge in [-0.15, -0.1) is 0 Å². The predicted molar refractivity (Wildman–Crippen MR) is 87.1 cm³/mol. The van der Waals surface area contributed by atoms with Crippen molar-refractivity contribution >= 4 is 23.6 Å². The molecule has 0 heterocycles. The van der Waals surface area contributed by atoms with Crippen LogP contribution >= 0.6 is 0 Å². The van der Waals surface area contributed by atoms with Crippen molar-refractivity contribution in [1.29, 1.82) is 0 Å². The number of anilines is 1. The summed E-state index contributed by atoms with van der Waals surface area (Å²) >= 11 is 0. The minimum absolute atomic E-state index is 0.0381. The minimum atomic E-state index is -0.916. The molecule has 1 unspecified atom stereocenters. The molecular formula is C16H23N3O4. The first kappa shape index (κ1) is 18.5. The summed E-state index contributed by atoms with van der Waals surface area (Å²) in [6.45, 7) is 5.04. The molecule has 1 rings (SSSR count). The normalized spacial score (nSPS) is 12.1. The number of urea groups is 1. The number of nitrogens with one attached hydrogen (secondary N) is 3. The SMILES string of the molecule is CC(NC(=O)Nc1ccccc1)C(=O)NC(C)(C)CCC(=O)O. The van der Waals surface area contributed by atoms with Crippen molar-refractivity contribution in [3.8, 4) is 0 Å². The lowest BCUT2D eigenvalue weighted by Gasteiger charge is -2.27. The van der Waals surface area contributed by atoms with Gasteiger partial charge in [0.15, 0.2) is 0 Å². The van der Waals surface area contributed by atoms with Crippen LogP contribution in [0, 0.1) is 0 Å². The van der Waals surface area contributed by atoms with Gasteiger partial charge in [-0.3, -0.25) is 9.59 Å². The highest BCUT2D eigenvalue weighted by atomic mass is 16.4. The molecule has 7 heteroatoms. The summed E-state index contributed by atoms with van der Waals surface area (Å²) in [5.74, 6) is -1.29. The van der Waals surface area contributed by atoms with E-state index in [-0.39, 0.29) is 12.3 Å². The van der Waals surface area contributed by atoms with Crippen LogP contribution in [0.15, 0.2) is 30.3 Å². The number of carbonyl (C=O) groups excluding carboxylic acids is 2. The lowest BCUT2D eigenvalue weighted by Crippen LogP contribution is -2.52. The third-order valence-corrected chi connectivity index (χ3v) is 3.20. The first-order chi connectivity index (χ1) is 10.7. The van der Waals surface area contributed by atoms with Crippen LogP contribution in [0.2, 0.25) is 0 Å². The Bertz CT molecular complexity index is 558. The fraction of sp³-hybridized carbons (Fsp3) is 0.438. The van der Waals surface area contributed by atoms with Gasteiger partial charge in [0.2, 0.25) is 5.91 Å². The standard InChI is InChI=1S/C16H23N3O4/c1-11(14(22)19-16(2,3)10-9-13(20)21)17-15(23)18-12-7-5-4-6-8-12/h4-8,11H,9-10H2,1-3H3,(H,19,22)(H,20,21)(H2,17,18,23). The first-order valence-electron chi connectivity index (χ1n) is 7.36. The molecule has 23 heavy (non-hydrogen) atoms. The number of carboxylic acids is 1. The molecule has 0 spiro atoms. The van der Waals surface area contributed by atoms with E-state index in [0.717, 1.165) is 0 Å². The van der Waals surface area contributed by atoms with Gasteiger partial charge in [-0.25, -0.2) is 4.79 Å². The summed E-state index contributed by atoms with van der Waals surface area (Å²) < 4.78 is 0. The van der Waals surface area contributed by atoms with Crippen molar-refractivity contribution in [1.82, 2.24) is 10.6 Å². The zero-order valence-electron chi connectivity index (χ0n) is 13.6. The highest BCUT2D eigenvalue weighted by Crippen LogP contribution is 2.11. The number of aliphatic carboxylic acids is 1. The Hall–Kier alpha value is -2.57. The topological polar surface area (TPSA) is 108 Å². The fourth-order valence-electron chi connectivity index (χ4n) is 1.87. The lowest BCUT2D eigenvalue weighted by atomic mass is 9.98. The Morgan fingerprint density at radius 2 is 1.78 bits per heavy atom. The van der Waals surface area contributed by atoms with E-state index in [9.17, 15) is 14.4 Å². The summed E-state index contributed by atoms with van der Waals surface area (Å²) in [6, 6.07) is 7.65. The molecule has 0 aliphatic carbocycles. The molecule has 1 atom stereocenters. The monoisotopic (exact) mass is 321 g/mol. The van der Waals surface area contributed by atoms with Crippen LogP contribution in [0.5, 0.6) is 0 Å². The number of hydrogen-bond acceptors (Lipinski definition) is 3. The van der Waals surface area contributed by atoms with Crippen LogP contribution < -0.4 is 16.0 Å². The second-order valence-corrected chi connectivity index (χ2v) is 5.95. The van der Waals surface area contributed by atoms with E-state index in [1.54, 1.807) is 45.0 Å². The molecule has 126 valence electrons. The Balaban J connectivity index is 2.46. The first-order valence-corrected chi connectivity index (χ1v) is 7.36. The summed E-state index contributed by atoms with van der Waals surface area (Å²) in [4.78, 5) is 34.5. The van der Waals surface area contributed by atoms with E-state index < -0.39 is 23.6 Å². The summed E-state index contributed by atoms with van der Waals surface area (Å²) in [5, 5.41) is 16.6. The van der Waals surface area contributed by atoms with Crippen molar-refractivity contribution in [2.45, 2.75) is 45.2 Å². The van der Waals surface area contributed by atoms with Gasteiger partial charge in [0.1, 0.15) is 6.04 Å². The molecule has 4 N–H and O–H groups in total. The number of para-hydroxylation sites is 1. The van der Waals surface area contributed by atoms with Crippen LogP contribution in [0.1, 0.15) is 33.6 Å². The van der Waals surface area contributed by atoms with Crippen molar-refractivity contribution in [3.05, 3.63) is 30.3 Å². The second-order valence-electron chi connectivity index (χ2n) is 5.95. The van der Waals surface area contributed by atoms with Crippen molar-refractivity contribution < 1.29 is 19.5 Å². The molecule has 0 saturated carbocycles. The second kappa shape index (κ2) is 8.17. The zero-order chi connectivity index (χ0) is 17.5. The van der Waals surface area contributed by atoms with Crippen molar-refractivity contribution in [2.75, 3.05) is 5.32 Å². The summed E-state index contributed by atoms with van der Waals surface area (Å²) in [6.07, 6.45) is 0.264. The Kier molecular flexibility index (Phi) is 6.56. The molecule has 0 aliphatic rings.